The van der Waals surface area contributed by atoms with Crippen molar-refractivity contribution in [3.05, 3.63) is 52.6 Å². The van der Waals surface area contributed by atoms with Crippen molar-refractivity contribution in [1.29, 1.82) is 0 Å². The number of nitrogens with zero attached hydrogens (tertiary/aromatic N) is 2. The minimum Gasteiger partial charge on any atom is -0.356 e. The maximum atomic E-state index is 12.5. The molecular formula is C17H20N4O2. The topological polar surface area (TPSA) is 78.1 Å². The van der Waals surface area contributed by atoms with E-state index in [-0.39, 0.29) is 23.3 Å². The number of anilines is 2. The number of nitrogens with one attached hydrogen (secondary N) is 2. The standard InChI is InChI=1S/C17H20N4O2/c1-11-9-21(15-5-3-4-8-18-15)10-13(11)16(22)20-14-7-6-12(2)19-17(14)23/h3-8,11,13H,9-10H2,1-2H3,(H,19,23)(H,20,22)/t11-,13-/m1/s1. The van der Waals surface area contributed by atoms with Gasteiger partial charge in [0, 0.05) is 25.0 Å². The number of hydrogen-bond acceptors (Lipinski definition) is 4. The van der Waals surface area contributed by atoms with Gasteiger partial charge in [-0.2, -0.15) is 0 Å². The monoisotopic (exact) mass is 312 g/mol. The molecule has 120 valence electrons. The molecular weight excluding hydrogens is 292 g/mol. The van der Waals surface area contributed by atoms with Crippen LogP contribution < -0.4 is 15.8 Å². The second-order valence-corrected chi connectivity index (χ2v) is 6.05. The van der Waals surface area contributed by atoms with Gasteiger partial charge in [-0.05, 0) is 37.1 Å². The number of rotatable bonds is 3. The molecule has 1 amide bonds. The summed E-state index contributed by atoms with van der Waals surface area (Å²) < 4.78 is 0. The Hall–Kier alpha value is -2.63. The van der Waals surface area contributed by atoms with Crippen molar-refractivity contribution in [3.63, 3.8) is 0 Å². The van der Waals surface area contributed by atoms with Crippen LogP contribution in [0.25, 0.3) is 0 Å². The Bertz CT molecular complexity index is 757. The summed E-state index contributed by atoms with van der Waals surface area (Å²) in [6.07, 6.45) is 1.75. The van der Waals surface area contributed by atoms with E-state index in [1.807, 2.05) is 25.1 Å². The van der Waals surface area contributed by atoms with Crippen LogP contribution in [0.4, 0.5) is 11.5 Å². The highest BCUT2D eigenvalue weighted by Crippen LogP contribution is 2.27. The highest BCUT2D eigenvalue weighted by molar-refractivity contribution is 5.93. The molecule has 6 nitrogen and oxygen atoms in total. The Balaban J connectivity index is 1.71. The van der Waals surface area contributed by atoms with Crippen LogP contribution in [-0.4, -0.2) is 29.0 Å². The lowest BCUT2D eigenvalue weighted by Gasteiger charge is -2.16. The average molecular weight is 312 g/mol. The van der Waals surface area contributed by atoms with E-state index in [1.165, 1.54) is 0 Å². The average Bonchev–Trinajstić information content (AvgIpc) is 2.93. The Kier molecular flexibility index (Phi) is 4.14. The molecule has 0 aromatic carbocycles. The summed E-state index contributed by atoms with van der Waals surface area (Å²) in [6.45, 7) is 5.23. The molecule has 2 atom stereocenters. The summed E-state index contributed by atoms with van der Waals surface area (Å²) >= 11 is 0. The third-order valence-corrected chi connectivity index (χ3v) is 4.24. The molecule has 1 saturated heterocycles. The van der Waals surface area contributed by atoms with Gasteiger partial charge in [0.1, 0.15) is 11.5 Å². The predicted molar refractivity (Wildman–Crippen MR) is 89.5 cm³/mol. The molecule has 0 spiro atoms. The van der Waals surface area contributed by atoms with Gasteiger partial charge in [0.25, 0.3) is 5.56 Å². The molecule has 0 bridgehead atoms. The first-order valence-electron chi connectivity index (χ1n) is 7.71. The SMILES string of the molecule is Cc1ccc(NC(=O)[C@@H]2CN(c3ccccn3)C[C@H]2C)c(=O)[nH]1. The van der Waals surface area contributed by atoms with Crippen LogP contribution in [0.3, 0.4) is 0 Å². The van der Waals surface area contributed by atoms with Crippen LogP contribution in [-0.2, 0) is 4.79 Å². The smallest absolute Gasteiger partial charge is 0.271 e. The molecule has 0 radical (unpaired) electrons. The minimum atomic E-state index is -0.273. The molecule has 0 unspecified atom stereocenters. The Labute approximate surface area is 134 Å². The first-order valence-corrected chi connectivity index (χ1v) is 7.71. The van der Waals surface area contributed by atoms with Crippen molar-refractivity contribution in [2.45, 2.75) is 13.8 Å². The molecule has 2 N–H and O–H groups in total. The molecule has 2 aromatic heterocycles. The lowest BCUT2D eigenvalue weighted by Crippen LogP contribution is -2.31. The van der Waals surface area contributed by atoms with E-state index in [0.717, 1.165) is 18.1 Å². The van der Waals surface area contributed by atoms with Gasteiger partial charge in [-0.1, -0.05) is 13.0 Å². The number of aryl methyl sites for hydroxylation is 1. The number of aromatic amines is 1. The fourth-order valence-corrected chi connectivity index (χ4v) is 2.93. The Morgan fingerprint density at radius 2 is 2.13 bits per heavy atom. The number of aromatic nitrogens is 2. The maximum absolute atomic E-state index is 12.5. The molecule has 0 aliphatic carbocycles. The van der Waals surface area contributed by atoms with Gasteiger partial charge in [-0.15, -0.1) is 0 Å². The molecule has 23 heavy (non-hydrogen) atoms. The first kappa shape index (κ1) is 15.3. The molecule has 1 fully saturated rings. The van der Waals surface area contributed by atoms with E-state index in [9.17, 15) is 9.59 Å². The van der Waals surface area contributed by atoms with Crippen molar-refractivity contribution in [3.8, 4) is 0 Å². The van der Waals surface area contributed by atoms with E-state index in [1.54, 1.807) is 25.3 Å². The van der Waals surface area contributed by atoms with Crippen molar-refractivity contribution >= 4 is 17.4 Å². The molecule has 6 heteroatoms. The van der Waals surface area contributed by atoms with Crippen LogP contribution in [0.2, 0.25) is 0 Å². The number of H-pyrrole nitrogens is 1. The van der Waals surface area contributed by atoms with Gasteiger partial charge >= 0.3 is 0 Å². The summed E-state index contributed by atoms with van der Waals surface area (Å²) in [4.78, 5) is 33.5. The highest BCUT2D eigenvalue weighted by Gasteiger charge is 2.35. The predicted octanol–water partition coefficient (Wildman–Crippen LogP) is 1.79. The largest absolute Gasteiger partial charge is 0.356 e. The van der Waals surface area contributed by atoms with Crippen LogP contribution in [0.1, 0.15) is 12.6 Å². The zero-order chi connectivity index (χ0) is 16.4. The third-order valence-electron chi connectivity index (χ3n) is 4.24. The molecule has 1 aliphatic rings. The zero-order valence-electron chi connectivity index (χ0n) is 13.2. The summed E-state index contributed by atoms with van der Waals surface area (Å²) in [5.41, 5.74) is 0.790. The number of pyridine rings is 2. The second-order valence-electron chi connectivity index (χ2n) is 6.05. The van der Waals surface area contributed by atoms with E-state index in [2.05, 4.69) is 20.2 Å². The Morgan fingerprint density at radius 3 is 2.83 bits per heavy atom. The zero-order valence-corrected chi connectivity index (χ0v) is 13.2. The van der Waals surface area contributed by atoms with E-state index in [4.69, 9.17) is 0 Å². The number of amides is 1. The van der Waals surface area contributed by atoms with Crippen molar-refractivity contribution < 1.29 is 4.79 Å². The third kappa shape index (κ3) is 3.26. The molecule has 1 aliphatic heterocycles. The van der Waals surface area contributed by atoms with Crippen LogP contribution in [0.5, 0.6) is 0 Å². The lowest BCUT2D eigenvalue weighted by atomic mass is 9.97. The van der Waals surface area contributed by atoms with Gasteiger partial charge in [-0.3, -0.25) is 9.59 Å². The summed E-state index contributed by atoms with van der Waals surface area (Å²) in [5, 5.41) is 2.75. The number of carbonyl (C=O) groups excluding carboxylic acids is 1. The summed E-state index contributed by atoms with van der Waals surface area (Å²) in [7, 11) is 0. The number of hydrogen-bond donors (Lipinski definition) is 2. The van der Waals surface area contributed by atoms with Crippen LogP contribution in [0, 0.1) is 18.8 Å². The number of carbonyl (C=O) groups is 1. The second kappa shape index (κ2) is 6.24. The molecule has 0 saturated carbocycles. The summed E-state index contributed by atoms with van der Waals surface area (Å²) in [6, 6.07) is 9.16. The highest BCUT2D eigenvalue weighted by atomic mass is 16.2. The quantitative estimate of drug-likeness (QED) is 0.906. The Morgan fingerprint density at radius 1 is 1.30 bits per heavy atom. The van der Waals surface area contributed by atoms with Gasteiger partial charge in [-0.25, -0.2) is 4.98 Å². The fourth-order valence-electron chi connectivity index (χ4n) is 2.93. The van der Waals surface area contributed by atoms with Crippen LogP contribution in [0.15, 0.2) is 41.3 Å². The van der Waals surface area contributed by atoms with Gasteiger partial charge in [0.2, 0.25) is 5.91 Å². The van der Waals surface area contributed by atoms with Crippen molar-refractivity contribution in [2.24, 2.45) is 11.8 Å². The lowest BCUT2D eigenvalue weighted by molar-refractivity contribution is -0.120. The molecule has 2 aromatic rings. The summed E-state index contributed by atoms with van der Waals surface area (Å²) in [5.74, 6) is 0.785. The minimum absolute atomic E-state index is 0.120. The maximum Gasteiger partial charge on any atom is 0.271 e. The van der Waals surface area contributed by atoms with Gasteiger partial charge in [0.15, 0.2) is 0 Å². The normalized spacial score (nSPS) is 20.5. The van der Waals surface area contributed by atoms with Crippen molar-refractivity contribution in [2.75, 3.05) is 23.3 Å². The van der Waals surface area contributed by atoms with E-state index < -0.39 is 0 Å². The van der Waals surface area contributed by atoms with Gasteiger partial charge < -0.3 is 15.2 Å². The van der Waals surface area contributed by atoms with Gasteiger partial charge in [0.05, 0.1) is 5.92 Å². The first-order chi connectivity index (χ1) is 11.0. The fraction of sp³-hybridized carbons (Fsp3) is 0.353. The van der Waals surface area contributed by atoms with E-state index >= 15 is 0 Å². The molecule has 3 heterocycles. The molecule has 3 rings (SSSR count). The van der Waals surface area contributed by atoms with Crippen LogP contribution >= 0.6 is 0 Å². The van der Waals surface area contributed by atoms with Crippen molar-refractivity contribution in [1.82, 2.24) is 9.97 Å². The van der Waals surface area contributed by atoms with E-state index in [0.29, 0.717) is 12.2 Å².